The molecule has 0 amide bonds. The maximum Gasteiger partial charge on any atom is 0.243 e. The number of hydrogen-bond acceptors (Lipinski definition) is 4. The van der Waals surface area contributed by atoms with Crippen LogP contribution in [0.25, 0.3) is 0 Å². The van der Waals surface area contributed by atoms with Crippen LogP contribution in [0.5, 0.6) is 0 Å². The monoisotopic (exact) mass is 328 g/mol. The zero-order valence-electron chi connectivity index (χ0n) is 12.9. The van der Waals surface area contributed by atoms with Crippen LogP contribution < -0.4 is 5.32 Å². The van der Waals surface area contributed by atoms with Gasteiger partial charge < -0.3 is 5.32 Å². The van der Waals surface area contributed by atoms with Crippen LogP contribution in [-0.4, -0.2) is 43.4 Å². The molecule has 0 bridgehead atoms. The van der Waals surface area contributed by atoms with E-state index in [0.717, 1.165) is 29.2 Å². The fraction of sp³-hybridized carbons (Fsp3) is 0.600. The van der Waals surface area contributed by atoms with Crippen LogP contribution in [0.3, 0.4) is 0 Å². The van der Waals surface area contributed by atoms with Crippen LogP contribution in [0.2, 0.25) is 0 Å². The lowest BCUT2D eigenvalue weighted by molar-refractivity contribution is 0.367. The highest BCUT2D eigenvalue weighted by Gasteiger charge is 2.32. The number of hydrogen-bond donors (Lipinski definition) is 1. The molecule has 118 valence electrons. The summed E-state index contributed by atoms with van der Waals surface area (Å²) >= 11 is 1.82. The molecule has 1 aromatic carbocycles. The third kappa shape index (κ3) is 3.80. The van der Waals surface area contributed by atoms with Crippen LogP contribution in [0, 0.1) is 6.92 Å². The van der Waals surface area contributed by atoms with Gasteiger partial charge in [-0.3, -0.25) is 0 Å². The molecule has 21 heavy (non-hydrogen) atoms. The van der Waals surface area contributed by atoms with Crippen molar-refractivity contribution in [3.8, 4) is 0 Å². The van der Waals surface area contributed by atoms with Crippen molar-refractivity contribution in [2.24, 2.45) is 0 Å². The van der Waals surface area contributed by atoms with Crippen molar-refractivity contribution in [1.82, 2.24) is 9.62 Å². The van der Waals surface area contributed by atoms with Gasteiger partial charge in [-0.1, -0.05) is 19.1 Å². The maximum absolute atomic E-state index is 12.9. The Hall–Kier alpha value is -0.560. The van der Waals surface area contributed by atoms with E-state index in [1.165, 1.54) is 0 Å². The zero-order chi connectivity index (χ0) is 15.5. The molecule has 6 heteroatoms. The molecule has 0 radical (unpaired) electrons. The molecule has 0 aliphatic carbocycles. The summed E-state index contributed by atoms with van der Waals surface area (Å²) in [5, 5.41) is 3.24. The lowest BCUT2D eigenvalue weighted by atomic mass is 10.1. The van der Waals surface area contributed by atoms with Crippen molar-refractivity contribution in [1.29, 1.82) is 0 Å². The Labute approximate surface area is 132 Å². The van der Waals surface area contributed by atoms with Crippen molar-refractivity contribution >= 4 is 21.8 Å². The highest BCUT2D eigenvalue weighted by Crippen LogP contribution is 2.27. The highest BCUT2D eigenvalue weighted by molar-refractivity contribution is 7.99. The number of nitrogens with one attached hydrogen (secondary N) is 1. The summed E-state index contributed by atoms with van der Waals surface area (Å²) in [4.78, 5) is 0.455. The number of aryl methyl sites for hydroxylation is 1. The van der Waals surface area contributed by atoms with Gasteiger partial charge in [0.15, 0.2) is 0 Å². The minimum Gasteiger partial charge on any atom is -0.313 e. The minimum atomic E-state index is -3.40. The standard InChI is InChI=1S/C15H24N2O2S2/c1-4-16-10-14-6-5-12(2)15(9-14)21(18,19)17-7-8-20-11-13(17)3/h5-6,9,13,16H,4,7-8,10-11H2,1-3H3. The number of nitrogens with zero attached hydrogens (tertiary/aromatic N) is 1. The topological polar surface area (TPSA) is 49.4 Å². The summed E-state index contributed by atoms with van der Waals surface area (Å²) in [5.41, 5.74) is 1.83. The molecule has 1 atom stereocenters. The normalized spacial score (nSPS) is 20.6. The van der Waals surface area contributed by atoms with Crippen LogP contribution in [0.15, 0.2) is 23.1 Å². The number of sulfonamides is 1. The lowest BCUT2D eigenvalue weighted by Crippen LogP contribution is -2.44. The Morgan fingerprint density at radius 3 is 2.86 bits per heavy atom. The average Bonchev–Trinajstić information content (AvgIpc) is 2.46. The van der Waals surface area contributed by atoms with E-state index in [1.54, 1.807) is 4.31 Å². The summed E-state index contributed by atoms with van der Waals surface area (Å²) in [7, 11) is -3.40. The molecule has 1 fully saturated rings. The van der Waals surface area contributed by atoms with Gasteiger partial charge in [-0.25, -0.2) is 8.42 Å². The van der Waals surface area contributed by atoms with E-state index >= 15 is 0 Å². The predicted molar refractivity (Wildman–Crippen MR) is 89.2 cm³/mol. The second-order valence-corrected chi connectivity index (χ2v) is 8.43. The summed E-state index contributed by atoms with van der Waals surface area (Å²) in [6.07, 6.45) is 0. The predicted octanol–water partition coefficient (Wildman–Crippen LogP) is 2.23. The van der Waals surface area contributed by atoms with E-state index < -0.39 is 10.0 Å². The van der Waals surface area contributed by atoms with E-state index in [0.29, 0.717) is 18.0 Å². The third-order valence-electron chi connectivity index (χ3n) is 3.73. The second-order valence-electron chi connectivity index (χ2n) is 5.42. The van der Waals surface area contributed by atoms with Gasteiger partial charge in [-0.05, 0) is 37.6 Å². The van der Waals surface area contributed by atoms with Crippen LogP contribution in [0.1, 0.15) is 25.0 Å². The molecule has 1 aliphatic rings. The summed E-state index contributed by atoms with van der Waals surface area (Å²) in [6, 6.07) is 5.78. The first kappa shape index (κ1) is 16.8. The van der Waals surface area contributed by atoms with Crippen LogP contribution >= 0.6 is 11.8 Å². The van der Waals surface area contributed by atoms with Gasteiger partial charge in [-0.2, -0.15) is 16.1 Å². The van der Waals surface area contributed by atoms with Gasteiger partial charge in [0.25, 0.3) is 0 Å². The van der Waals surface area contributed by atoms with E-state index in [1.807, 2.05) is 50.7 Å². The summed E-state index contributed by atoms with van der Waals surface area (Å²) in [5.74, 6) is 1.75. The fourth-order valence-corrected chi connectivity index (χ4v) is 5.63. The van der Waals surface area contributed by atoms with E-state index in [-0.39, 0.29) is 6.04 Å². The molecule has 0 saturated carbocycles. The Balaban J connectivity index is 2.34. The SMILES string of the molecule is CCNCc1ccc(C)c(S(=O)(=O)N2CCSCC2C)c1. The number of benzene rings is 1. The molecule has 1 N–H and O–H groups in total. The first-order chi connectivity index (χ1) is 9.96. The van der Waals surface area contributed by atoms with Crippen molar-refractivity contribution in [2.45, 2.75) is 38.3 Å². The molecule has 0 aromatic heterocycles. The first-order valence-electron chi connectivity index (χ1n) is 7.36. The largest absolute Gasteiger partial charge is 0.313 e. The molecule has 1 saturated heterocycles. The van der Waals surface area contributed by atoms with E-state index in [4.69, 9.17) is 0 Å². The average molecular weight is 329 g/mol. The molecule has 1 aromatic rings. The van der Waals surface area contributed by atoms with Crippen LogP contribution in [0.4, 0.5) is 0 Å². The van der Waals surface area contributed by atoms with E-state index in [9.17, 15) is 8.42 Å². The minimum absolute atomic E-state index is 0.0607. The van der Waals surface area contributed by atoms with Gasteiger partial charge in [0.2, 0.25) is 10.0 Å². The first-order valence-corrected chi connectivity index (χ1v) is 9.96. The molecule has 1 aliphatic heterocycles. The Morgan fingerprint density at radius 2 is 2.19 bits per heavy atom. The Morgan fingerprint density at radius 1 is 1.43 bits per heavy atom. The molecule has 4 nitrogen and oxygen atoms in total. The third-order valence-corrected chi connectivity index (χ3v) is 7.07. The molecule has 1 unspecified atom stereocenters. The zero-order valence-corrected chi connectivity index (χ0v) is 14.6. The summed E-state index contributed by atoms with van der Waals surface area (Å²) < 4.78 is 27.5. The van der Waals surface area contributed by atoms with Crippen molar-refractivity contribution < 1.29 is 8.42 Å². The second kappa shape index (κ2) is 7.13. The fourth-order valence-electron chi connectivity index (χ4n) is 2.50. The van der Waals surface area contributed by atoms with Crippen molar-refractivity contribution in [2.75, 3.05) is 24.6 Å². The number of rotatable bonds is 5. The van der Waals surface area contributed by atoms with Crippen molar-refractivity contribution in [3.63, 3.8) is 0 Å². The Bertz CT molecular complexity index is 587. The maximum atomic E-state index is 12.9. The Kier molecular flexibility index (Phi) is 5.71. The van der Waals surface area contributed by atoms with Gasteiger partial charge in [0, 0.05) is 30.6 Å². The lowest BCUT2D eigenvalue weighted by Gasteiger charge is -2.32. The highest BCUT2D eigenvalue weighted by atomic mass is 32.2. The van der Waals surface area contributed by atoms with Gasteiger partial charge in [0.1, 0.15) is 0 Å². The van der Waals surface area contributed by atoms with Gasteiger partial charge in [0.05, 0.1) is 4.90 Å². The number of thioether (sulfide) groups is 1. The molecule has 2 rings (SSSR count). The quantitative estimate of drug-likeness (QED) is 0.900. The molecular formula is C15H24N2O2S2. The van der Waals surface area contributed by atoms with Crippen molar-refractivity contribution in [3.05, 3.63) is 29.3 Å². The smallest absolute Gasteiger partial charge is 0.243 e. The molecule has 0 spiro atoms. The molecular weight excluding hydrogens is 304 g/mol. The van der Waals surface area contributed by atoms with Crippen LogP contribution in [-0.2, 0) is 16.6 Å². The van der Waals surface area contributed by atoms with Gasteiger partial charge >= 0.3 is 0 Å². The van der Waals surface area contributed by atoms with E-state index in [2.05, 4.69) is 5.32 Å². The summed E-state index contributed by atoms with van der Waals surface area (Å²) in [6.45, 7) is 8.07. The van der Waals surface area contributed by atoms with Gasteiger partial charge in [-0.15, -0.1) is 0 Å². The molecule has 1 heterocycles.